The Hall–Kier alpha value is -3.30. The lowest BCUT2D eigenvalue weighted by Gasteiger charge is -2.12. The van der Waals surface area contributed by atoms with Gasteiger partial charge in [0.15, 0.2) is 11.6 Å². The highest BCUT2D eigenvalue weighted by molar-refractivity contribution is 6.35. The van der Waals surface area contributed by atoms with E-state index >= 15 is 0 Å². The second-order valence-corrected chi connectivity index (χ2v) is 7.27. The van der Waals surface area contributed by atoms with Crippen molar-refractivity contribution in [3.05, 3.63) is 58.5 Å². The molecule has 0 atom stereocenters. The number of aryl methyl sites for hydroxylation is 2. The van der Waals surface area contributed by atoms with Crippen LogP contribution in [0.25, 0.3) is 22.8 Å². The Morgan fingerprint density at radius 3 is 2.73 bits per heavy atom. The van der Waals surface area contributed by atoms with Crippen molar-refractivity contribution in [3.8, 4) is 22.8 Å². The predicted molar refractivity (Wildman–Crippen MR) is 114 cm³/mol. The number of nitrogens with zero attached hydrogens (tertiary/aromatic N) is 7. The number of anilines is 1. The fraction of sp³-hybridized carbons (Fsp3) is 0.250. The SMILES string of the molecule is CONc1nc(-c2cccc(C)c2C)nc(-c2cn(Cc3ccn(C)n3)nn2)c1Cl. The Labute approximate surface area is 178 Å². The Bertz CT molecular complexity index is 1200. The molecule has 3 heterocycles. The molecule has 0 amide bonds. The number of benzene rings is 1. The van der Waals surface area contributed by atoms with Gasteiger partial charge in [-0.25, -0.2) is 20.1 Å². The molecule has 0 aliphatic carbocycles. The van der Waals surface area contributed by atoms with Crippen LogP contribution in [0.15, 0.2) is 36.7 Å². The summed E-state index contributed by atoms with van der Waals surface area (Å²) < 4.78 is 3.44. The monoisotopic (exact) mass is 424 g/mol. The molecule has 0 aliphatic heterocycles. The number of rotatable bonds is 6. The molecule has 0 bridgehead atoms. The molecule has 3 aromatic heterocycles. The number of hydrogen-bond acceptors (Lipinski definition) is 7. The third kappa shape index (κ3) is 3.89. The molecule has 1 aromatic carbocycles. The van der Waals surface area contributed by atoms with Crippen LogP contribution >= 0.6 is 11.6 Å². The van der Waals surface area contributed by atoms with Crippen molar-refractivity contribution in [3.63, 3.8) is 0 Å². The van der Waals surface area contributed by atoms with Crippen LogP contribution in [0.5, 0.6) is 0 Å². The van der Waals surface area contributed by atoms with Gasteiger partial charge in [0.2, 0.25) is 0 Å². The van der Waals surface area contributed by atoms with Crippen LogP contribution in [0.1, 0.15) is 16.8 Å². The van der Waals surface area contributed by atoms with Crippen LogP contribution in [-0.2, 0) is 18.4 Å². The molecule has 154 valence electrons. The second-order valence-electron chi connectivity index (χ2n) is 6.89. The van der Waals surface area contributed by atoms with Gasteiger partial charge in [-0.2, -0.15) is 5.10 Å². The van der Waals surface area contributed by atoms with E-state index in [1.807, 2.05) is 51.4 Å². The fourth-order valence-corrected chi connectivity index (χ4v) is 3.31. The minimum absolute atomic E-state index is 0.302. The van der Waals surface area contributed by atoms with E-state index in [-0.39, 0.29) is 0 Å². The lowest BCUT2D eigenvalue weighted by molar-refractivity contribution is 0.269. The molecule has 4 rings (SSSR count). The Morgan fingerprint density at radius 1 is 1.17 bits per heavy atom. The first kappa shape index (κ1) is 20.0. The molecule has 0 fully saturated rings. The Balaban J connectivity index is 1.77. The van der Waals surface area contributed by atoms with E-state index in [0.29, 0.717) is 34.6 Å². The minimum atomic E-state index is 0.302. The molecule has 0 unspecified atom stereocenters. The molecule has 0 spiro atoms. The third-order valence-corrected chi connectivity index (χ3v) is 5.13. The predicted octanol–water partition coefficient (Wildman–Crippen LogP) is 3.43. The summed E-state index contributed by atoms with van der Waals surface area (Å²) >= 11 is 6.57. The maximum Gasteiger partial charge on any atom is 0.173 e. The summed E-state index contributed by atoms with van der Waals surface area (Å²) in [6.07, 6.45) is 3.67. The molecule has 10 heteroatoms. The van der Waals surface area contributed by atoms with Gasteiger partial charge < -0.3 is 0 Å². The summed E-state index contributed by atoms with van der Waals surface area (Å²) in [5.74, 6) is 0.883. The second kappa shape index (κ2) is 8.21. The molecular weight excluding hydrogens is 404 g/mol. The van der Waals surface area contributed by atoms with Gasteiger partial charge in [-0.1, -0.05) is 35.0 Å². The van der Waals surface area contributed by atoms with Crippen LogP contribution in [0, 0.1) is 13.8 Å². The molecule has 4 aromatic rings. The van der Waals surface area contributed by atoms with Gasteiger partial charge in [0.25, 0.3) is 0 Å². The van der Waals surface area contributed by atoms with Gasteiger partial charge in [-0.3, -0.25) is 9.52 Å². The van der Waals surface area contributed by atoms with Crippen LogP contribution in [0.3, 0.4) is 0 Å². The number of halogens is 1. The molecule has 30 heavy (non-hydrogen) atoms. The van der Waals surface area contributed by atoms with Crippen molar-refractivity contribution < 1.29 is 4.84 Å². The topological polar surface area (TPSA) is 95.6 Å². The fourth-order valence-electron chi connectivity index (χ4n) is 3.09. The number of aromatic nitrogens is 7. The summed E-state index contributed by atoms with van der Waals surface area (Å²) in [6.45, 7) is 4.58. The van der Waals surface area contributed by atoms with E-state index in [4.69, 9.17) is 21.4 Å². The lowest BCUT2D eigenvalue weighted by Crippen LogP contribution is -2.05. The van der Waals surface area contributed by atoms with E-state index in [1.54, 1.807) is 15.6 Å². The standard InChI is InChI=1S/C20H21ClN8O/c1-12-6-5-7-15(13(12)2)19-22-18(17(21)20(23-19)26-30-4)16-11-29(27-24-16)10-14-8-9-28(3)25-14/h5-9,11H,10H2,1-4H3,(H,22,23,26). The summed E-state index contributed by atoms with van der Waals surface area (Å²) in [5.41, 5.74) is 7.75. The quantitative estimate of drug-likeness (QED) is 0.473. The molecule has 0 aliphatic rings. The van der Waals surface area contributed by atoms with Gasteiger partial charge in [-0.05, 0) is 31.0 Å². The summed E-state index contributed by atoms with van der Waals surface area (Å²) in [5, 5.41) is 13.1. The molecular formula is C20H21ClN8O. The van der Waals surface area contributed by atoms with Crippen LogP contribution in [0.2, 0.25) is 5.02 Å². The molecule has 0 radical (unpaired) electrons. The summed E-state index contributed by atoms with van der Waals surface area (Å²) in [6, 6.07) is 7.93. The van der Waals surface area contributed by atoms with Crippen molar-refractivity contribution in [2.75, 3.05) is 12.6 Å². The summed E-state index contributed by atoms with van der Waals surface area (Å²) in [4.78, 5) is 14.3. The van der Waals surface area contributed by atoms with Crippen LogP contribution in [0.4, 0.5) is 5.82 Å². The zero-order chi connectivity index (χ0) is 21.3. The van der Waals surface area contributed by atoms with Crippen LogP contribution < -0.4 is 5.48 Å². The zero-order valence-electron chi connectivity index (χ0n) is 17.1. The van der Waals surface area contributed by atoms with Crippen molar-refractivity contribution in [2.24, 2.45) is 7.05 Å². The van der Waals surface area contributed by atoms with Crippen molar-refractivity contribution in [2.45, 2.75) is 20.4 Å². The number of hydrogen-bond donors (Lipinski definition) is 1. The van der Waals surface area contributed by atoms with Crippen molar-refractivity contribution >= 4 is 17.4 Å². The summed E-state index contributed by atoms with van der Waals surface area (Å²) in [7, 11) is 3.37. The molecule has 0 saturated heterocycles. The van der Waals surface area contributed by atoms with Crippen molar-refractivity contribution in [1.82, 2.24) is 34.7 Å². The number of nitrogens with one attached hydrogen (secondary N) is 1. The van der Waals surface area contributed by atoms with E-state index < -0.39 is 0 Å². The van der Waals surface area contributed by atoms with Gasteiger partial charge in [0, 0.05) is 18.8 Å². The van der Waals surface area contributed by atoms with Gasteiger partial charge >= 0.3 is 0 Å². The smallest absolute Gasteiger partial charge is 0.173 e. The average molecular weight is 425 g/mol. The third-order valence-electron chi connectivity index (χ3n) is 4.77. The molecule has 1 N–H and O–H groups in total. The zero-order valence-corrected chi connectivity index (χ0v) is 17.8. The lowest BCUT2D eigenvalue weighted by atomic mass is 10.0. The molecule has 9 nitrogen and oxygen atoms in total. The maximum absolute atomic E-state index is 6.57. The van der Waals surface area contributed by atoms with E-state index in [1.165, 1.54) is 7.11 Å². The van der Waals surface area contributed by atoms with Gasteiger partial charge in [0.1, 0.15) is 16.4 Å². The van der Waals surface area contributed by atoms with Crippen molar-refractivity contribution in [1.29, 1.82) is 0 Å². The normalized spacial score (nSPS) is 11.1. The Morgan fingerprint density at radius 2 is 2.00 bits per heavy atom. The maximum atomic E-state index is 6.57. The largest absolute Gasteiger partial charge is 0.278 e. The first-order valence-corrected chi connectivity index (χ1v) is 9.66. The first-order valence-electron chi connectivity index (χ1n) is 9.28. The Kier molecular flexibility index (Phi) is 5.47. The van der Waals surface area contributed by atoms with Gasteiger partial charge in [0.05, 0.1) is 25.5 Å². The van der Waals surface area contributed by atoms with Crippen LogP contribution in [-0.4, -0.2) is 41.9 Å². The molecule has 0 saturated carbocycles. The highest BCUT2D eigenvalue weighted by Crippen LogP contribution is 2.33. The highest BCUT2D eigenvalue weighted by atomic mass is 35.5. The first-order chi connectivity index (χ1) is 14.5. The highest BCUT2D eigenvalue weighted by Gasteiger charge is 2.19. The van der Waals surface area contributed by atoms with E-state index in [2.05, 4.69) is 25.9 Å². The minimum Gasteiger partial charge on any atom is -0.278 e. The van der Waals surface area contributed by atoms with E-state index in [0.717, 1.165) is 22.4 Å². The van der Waals surface area contributed by atoms with E-state index in [9.17, 15) is 0 Å². The average Bonchev–Trinajstić information content (AvgIpc) is 3.35. The van der Waals surface area contributed by atoms with Gasteiger partial charge in [-0.15, -0.1) is 5.10 Å².